The Morgan fingerprint density at radius 1 is 1.00 bits per heavy atom. The first-order valence-electron chi connectivity index (χ1n) is 8.87. The van der Waals surface area contributed by atoms with Crippen molar-refractivity contribution >= 4 is 46.1 Å². The number of para-hydroxylation sites is 1. The lowest BCUT2D eigenvalue weighted by atomic mass is 10.1. The highest BCUT2D eigenvalue weighted by Crippen LogP contribution is 2.17. The number of esters is 1. The summed E-state index contributed by atoms with van der Waals surface area (Å²) in [6.45, 7) is 0.966. The second kappa shape index (κ2) is 9.27. The maximum atomic E-state index is 12.0. The second-order valence-electron chi connectivity index (χ2n) is 6.17. The summed E-state index contributed by atoms with van der Waals surface area (Å²) in [5.74, 6) is -1.34. The number of carbonyl (C=O) groups excluding carboxylic acids is 3. The lowest BCUT2D eigenvalue weighted by Crippen LogP contribution is -2.20. The quantitative estimate of drug-likeness (QED) is 0.497. The molecule has 3 aromatic rings. The van der Waals surface area contributed by atoms with Gasteiger partial charge >= 0.3 is 5.97 Å². The Kier molecular flexibility index (Phi) is 6.32. The van der Waals surface area contributed by atoms with E-state index in [9.17, 15) is 14.4 Å². The van der Waals surface area contributed by atoms with E-state index >= 15 is 0 Å². The van der Waals surface area contributed by atoms with Crippen molar-refractivity contribution in [3.63, 3.8) is 0 Å². The van der Waals surface area contributed by atoms with E-state index in [0.29, 0.717) is 11.4 Å². The summed E-state index contributed by atoms with van der Waals surface area (Å²) < 4.78 is 4.98. The molecular formula is C22H19N3O4. The van der Waals surface area contributed by atoms with Gasteiger partial charge in [-0.1, -0.05) is 30.3 Å². The van der Waals surface area contributed by atoms with Crippen LogP contribution in [0.1, 0.15) is 12.5 Å². The summed E-state index contributed by atoms with van der Waals surface area (Å²) in [4.78, 5) is 39.3. The topological polar surface area (TPSA) is 97.4 Å². The number of rotatable bonds is 6. The average Bonchev–Trinajstić information content (AvgIpc) is 2.70. The minimum absolute atomic E-state index is 0.212. The Hall–Kier alpha value is -4.00. The molecule has 0 saturated carbocycles. The molecule has 2 aromatic carbocycles. The number of anilines is 2. The van der Waals surface area contributed by atoms with Crippen LogP contribution in [-0.4, -0.2) is 29.4 Å². The Labute approximate surface area is 167 Å². The Bertz CT molecular complexity index is 1090. The highest BCUT2D eigenvalue weighted by molar-refractivity contribution is 5.97. The summed E-state index contributed by atoms with van der Waals surface area (Å²) in [6, 6.07) is 16.1. The molecule has 0 aliphatic carbocycles. The minimum Gasteiger partial charge on any atom is -0.452 e. The maximum Gasteiger partial charge on any atom is 0.331 e. The number of hydrogen-bond acceptors (Lipinski definition) is 5. The van der Waals surface area contributed by atoms with Crippen LogP contribution >= 0.6 is 0 Å². The molecule has 0 fully saturated rings. The molecule has 0 aliphatic rings. The Morgan fingerprint density at radius 2 is 1.72 bits per heavy atom. The van der Waals surface area contributed by atoms with E-state index in [2.05, 4.69) is 15.6 Å². The highest BCUT2D eigenvalue weighted by Gasteiger charge is 2.07. The van der Waals surface area contributed by atoms with Crippen molar-refractivity contribution in [1.82, 2.24) is 4.98 Å². The van der Waals surface area contributed by atoms with E-state index < -0.39 is 18.5 Å². The number of carbonyl (C=O) groups is 3. The van der Waals surface area contributed by atoms with Gasteiger partial charge < -0.3 is 15.4 Å². The van der Waals surface area contributed by atoms with Crippen molar-refractivity contribution in [2.24, 2.45) is 0 Å². The van der Waals surface area contributed by atoms with E-state index in [0.717, 1.165) is 16.5 Å². The van der Waals surface area contributed by atoms with Gasteiger partial charge in [-0.3, -0.25) is 14.6 Å². The van der Waals surface area contributed by atoms with Gasteiger partial charge in [0.1, 0.15) is 0 Å². The van der Waals surface area contributed by atoms with Crippen LogP contribution in [0.15, 0.2) is 66.9 Å². The predicted molar refractivity (Wildman–Crippen MR) is 111 cm³/mol. The van der Waals surface area contributed by atoms with Crippen molar-refractivity contribution in [2.45, 2.75) is 6.92 Å². The van der Waals surface area contributed by atoms with Gasteiger partial charge in [0.2, 0.25) is 5.91 Å². The number of benzene rings is 2. The van der Waals surface area contributed by atoms with Crippen LogP contribution in [0.3, 0.4) is 0 Å². The molecular weight excluding hydrogens is 370 g/mol. The first kappa shape index (κ1) is 19.8. The third-order valence-corrected chi connectivity index (χ3v) is 3.88. The van der Waals surface area contributed by atoms with Gasteiger partial charge in [-0.15, -0.1) is 0 Å². The van der Waals surface area contributed by atoms with Gasteiger partial charge in [0, 0.05) is 41.5 Å². The fraction of sp³-hybridized carbons (Fsp3) is 0.0909. The van der Waals surface area contributed by atoms with E-state index in [1.54, 1.807) is 36.5 Å². The molecule has 0 radical (unpaired) electrons. The zero-order valence-corrected chi connectivity index (χ0v) is 15.7. The molecule has 0 aliphatic heterocycles. The van der Waals surface area contributed by atoms with Gasteiger partial charge in [-0.25, -0.2) is 4.79 Å². The lowest BCUT2D eigenvalue weighted by molar-refractivity contribution is -0.142. The first-order chi connectivity index (χ1) is 14.0. The molecule has 0 spiro atoms. The fourth-order valence-electron chi connectivity index (χ4n) is 2.68. The summed E-state index contributed by atoms with van der Waals surface area (Å²) in [7, 11) is 0. The number of aromatic nitrogens is 1. The van der Waals surface area contributed by atoms with Crippen LogP contribution in [0.25, 0.3) is 17.0 Å². The van der Waals surface area contributed by atoms with Crippen molar-refractivity contribution in [3.8, 4) is 0 Å². The SMILES string of the molecule is CC(=O)Nc1cccc(NC(=O)COC(=O)/C=C/c2cccc3cccnc23)c1. The molecule has 29 heavy (non-hydrogen) atoms. The molecule has 146 valence electrons. The molecule has 3 rings (SSSR count). The zero-order chi connectivity index (χ0) is 20.6. The van der Waals surface area contributed by atoms with Crippen LogP contribution in [-0.2, 0) is 19.1 Å². The number of ether oxygens (including phenoxy) is 1. The largest absolute Gasteiger partial charge is 0.452 e. The molecule has 7 heteroatoms. The zero-order valence-electron chi connectivity index (χ0n) is 15.7. The highest BCUT2D eigenvalue weighted by atomic mass is 16.5. The van der Waals surface area contributed by atoms with Crippen molar-refractivity contribution in [2.75, 3.05) is 17.2 Å². The molecule has 1 heterocycles. The molecule has 0 saturated heterocycles. The average molecular weight is 389 g/mol. The van der Waals surface area contributed by atoms with E-state index in [1.165, 1.54) is 13.0 Å². The Morgan fingerprint density at radius 3 is 2.52 bits per heavy atom. The van der Waals surface area contributed by atoms with Crippen LogP contribution in [0, 0.1) is 0 Å². The number of amides is 2. The fourth-order valence-corrected chi connectivity index (χ4v) is 2.68. The van der Waals surface area contributed by atoms with Gasteiger partial charge in [0.05, 0.1) is 5.52 Å². The molecule has 2 N–H and O–H groups in total. The van der Waals surface area contributed by atoms with E-state index in [-0.39, 0.29) is 5.91 Å². The van der Waals surface area contributed by atoms with Crippen molar-refractivity contribution < 1.29 is 19.1 Å². The number of nitrogens with zero attached hydrogens (tertiary/aromatic N) is 1. The number of hydrogen-bond donors (Lipinski definition) is 2. The van der Waals surface area contributed by atoms with Crippen molar-refractivity contribution in [3.05, 3.63) is 72.4 Å². The normalized spacial score (nSPS) is 10.7. The monoisotopic (exact) mass is 389 g/mol. The summed E-state index contributed by atoms with van der Waals surface area (Å²) >= 11 is 0. The van der Waals surface area contributed by atoms with E-state index in [1.807, 2.05) is 30.3 Å². The Balaban J connectivity index is 1.54. The van der Waals surface area contributed by atoms with Gasteiger partial charge in [0.25, 0.3) is 5.91 Å². The molecule has 1 aromatic heterocycles. The first-order valence-corrected chi connectivity index (χ1v) is 8.87. The molecule has 7 nitrogen and oxygen atoms in total. The summed E-state index contributed by atoms with van der Waals surface area (Å²) in [5, 5.41) is 6.19. The molecule has 0 bridgehead atoms. The number of nitrogens with one attached hydrogen (secondary N) is 2. The maximum absolute atomic E-state index is 12.0. The van der Waals surface area contributed by atoms with Gasteiger partial charge in [-0.2, -0.15) is 0 Å². The molecule has 0 unspecified atom stereocenters. The standard InChI is InChI=1S/C22H19N3O4/c1-15(26)24-18-8-3-9-19(13-18)25-20(27)14-29-21(28)11-10-17-6-2-5-16-7-4-12-23-22(16)17/h2-13H,14H2,1H3,(H,24,26)(H,25,27)/b11-10+. The lowest BCUT2D eigenvalue weighted by Gasteiger charge is -2.08. The van der Waals surface area contributed by atoms with Gasteiger partial charge in [-0.05, 0) is 30.3 Å². The number of pyridine rings is 1. The van der Waals surface area contributed by atoms with Crippen LogP contribution in [0.2, 0.25) is 0 Å². The molecule has 0 atom stereocenters. The predicted octanol–water partition coefficient (Wildman–Crippen LogP) is 3.39. The summed E-state index contributed by atoms with van der Waals surface area (Å²) in [6.07, 6.45) is 4.55. The van der Waals surface area contributed by atoms with Crippen molar-refractivity contribution in [1.29, 1.82) is 0 Å². The second-order valence-corrected chi connectivity index (χ2v) is 6.17. The smallest absolute Gasteiger partial charge is 0.331 e. The number of fused-ring (bicyclic) bond motifs is 1. The minimum atomic E-state index is -0.639. The third kappa shape index (κ3) is 5.74. The van der Waals surface area contributed by atoms with Crippen LogP contribution in [0.5, 0.6) is 0 Å². The van der Waals surface area contributed by atoms with Crippen LogP contribution in [0.4, 0.5) is 11.4 Å². The molecule has 2 amide bonds. The third-order valence-electron chi connectivity index (χ3n) is 3.88. The van der Waals surface area contributed by atoms with E-state index in [4.69, 9.17) is 4.74 Å². The van der Waals surface area contributed by atoms with Crippen LogP contribution < -0.4 is 10.6 Å². The summed E-state index contributed by atoms with van der Waals surface area (Å²) in [5.41, 5.74) is 2.59. The van der Waals surface area contributed by atoms with Gasteiger partial charge in [0.15, 0.2) is 6.61 Å².